The Morgan fingerprint density at radius 2 is 1.97 bits per heavy atom. The molecule has 0 saturated carbocycles. The summed E-state index contributed by atoms with van der Waals surface area (Å²) in [5, 5.41) is 9.61. The molecule has 10 heteroatoms. The standard InChI is InChI=1S/C27H32BrClN2O5S/c1-3-12-30(18-10-8-17(29)9-11-18)25(34)23-27-16-19(28)22(37-27)20(26(35)36-15-4-2)21(27)24(33)31(23)13-6-5-7-14-32/h3-4,8-11,19-23,32H,1-2,5-7,12-16H2/t19?,20-,21-,22-,23?,27?/m0/s1. The first-order chi connectivity index (χ1) is 17.8. The maximum absolute atomic E-state index is 14.4. The van der Waals surface area contributed by atoms with Gasteiger partial charge < -0.3 is 19.6 Å². The molecule has 3 saturated heterocycles. The highest BCUT2D eigenvalue weighted by atomic mass is 79.9. The van der Waals surface area contributed by atoms with E-state index in [1.165, 1.54) is 6.08 Å². The average molecular weight is 612 g/mol. The zero-order chi connectivity index (χ0) is 26.7. The zero-order valence-corrected chi connectivity index (χ0v) is 23.7. The molecule has 7 nitrogen and oxygen atoms in total. The third kappa shape index (κ3) is 5.12. The van der Waals surface area contributed by atoms with Gasteiger partial charge in [-0.1, -0.05) is 46.3 Å². The third-order valence-electron chi connectivity index (χ3n) is 7.41. The highest BCUT2D eigenvalue weighted by molar-refractivity contribution is 9.09. The molecule has 1 aromatic rings. The summed E-state index contributed by atoms with van der Waals surface area (Å²) in [7, 11) is 0. The number of likely N-dealkylation sites (tertiary alicyclic amines) is 1. The Kier molecular flexibility index (Phi) is 9.09. The fourth-order valence-corrected chi connectivity index (χ4v) is 9.67. The number of alkyl halides is 1. The molecule has 3 fully saturated rings. The van der Waals surface area contributed by atoms with E-state index < -0.39 is 28.6 Å². The largest absolute Gasteiger partial charge is 0.461 e. The Hall–Kier alpha value is -1.81. The van der Waals surface area contributed by atoms with Crippen LogP contribution >= 0.6 is 39.3 Å². The number of ether oxygens (including phenoxy) is 1. The zero-order valence-electron chi connectivity index (χ0n) is 20.6. The van der Waals surface area contributed by atoms with Gasteiger partial charge in [0.25, 0.3) is 5.91 Å². The molecule has 6 atom stereocenters. The van der Waals surface area contributed by atoms with E-state index in [0.717, 1.165) is 6.42 Å². The molecular formula is C27H32BrClN2O5S. The molecule has 0 aromatic heterocycles. The van der Waals surface area contributed by atoms with Crippen LogP contribution in [0.3, 0.4) is 0 Å². The number of anilines is 1. The van der Waals surface area contributed by atoms with E-state index in [9.17, 15) is 19.5 Å². The fourth-order valence-electron chi connectivity index (χ4n) is 5.95. The molecule has 3 aliphatic heterocycles. The lowest BCUT2D eigenvalue weighted by Gasteiger charge is -2.37. The number of halogens is 2. The molecule has 37 heavy (non-hydrogen) atoms. The van der Waals surface area contributed by atoms with Gasteiger partial charge in [-0.05, 0) is 49.9 Å². The van der Waals surface area contributed by atoms with Crippen molar-refractivity contribution in [2.75, 3.05) is 31.2 Å². The van der Waals surface area contributed by atoms with Crippen LogP contribution in [0.4, 0.5) is 5.69 Å². The number of esters is 1. The number of fused-ring (bicyclic) bond motifs is 1. The number of carbonyl (C=O) groups is 3. The Balaban J connectivity index is 1.74. The number of benzene rings is 1. The Labute approximate surface area is 235 Å². The molecule has 1 N–H and O–H groups in total. The molecule has 0 aliphatic carbocycles. The number of hydrogen-bond donors (Lipinski definition) is 1. The first-order valence-corrected chi connectivity index (χ1v) is 14.7. The van der Waals surface area contributed by atoms with Crippen LogP contribution in [0.2, 0.25) is 5.02 Å². The first-order valence-electron chi connectivity index (χ1n) is 12.5. The van der Waals surface area contributed by atoms with Gasteiger partial charge in [-0.2, -0.15) is 0 Å². The lowest BCUT2D eigenvalue weighted by molar-refractivity contribution is -0.153. The number of aliphatic hydroxyl groups is 1. The molecule has 4 rings (SSSR count). The van der Waals surface area contributed by atoms with E-state index in [1.807, 2.05) is 0 Å². The SMILES string of the molecule is C=CCOC(=O)[C@H]1[C@H]2C(=O)N(CCCCCO)C(C(=O)N(CC=C)c3ccc(Cl)cc3)C23CC(Br)[C@@H]1S3. The third-order valence-corrected chi connectivity index (χ3v) is 10.9. The van der Waals surface area contributed by atoms with Gasteiger partial charge in [0.15, 0.2) is 0 Å². The normalized spacial score (nSPS) is 29.8. The number of unbranched alkanes of at least 4 members (excludes halogenated alkanes) is 2. The van der Waals surface area contributed by atoms with Crippen molar-refractivity contribution in [1.82, 2.24) is 4.90 Å². The van der Waals surface area contributed by atoms with Crippen molar-refractivity contribution in [2.24, 2.45) is 11.8 Å². The molecule has 2 bridgehead atoms. The van der Waals surface area contributed by atoms with E-state index in [-0.39, 0.29) is 41.6 Å². The number of thioether (sulfide) groups is 1. The van der Waals surface area contributed by atoms with Gasteiger partial charge in [-0.25, -0.2) is 0 Å². The van der Waals surface area contributed by atoms with E-state index in [0.29, 0.717) is 36.5 Å². The van der Waals surface area contributed by atoms with E-state index in [4.69, 9.17) is 16.3 Å². The smallest absolute Gasteiger partial charge is 0.311 e. The minimum atomic E-state index is -0.756. The second-order valence-corrected chi connectivity index (χ2v) is 12.8. The van der Waals surface area contributed by atoms with Crippen LogP contribution in [0, 0.1) is 11.8 Å². The van der Waals surface area contributed by atoms with Crippen molar-refractivity contribution in [1.29, 1.82) is 0 Å². The van der Waals surface area contributed by atoms with Crippen molar-refractivity contribution in [3.63, 3.8) is 0 Å². The van der Waals surface area contributed by atoms with Crippen LogP contribution < -0.4 is 4.90 Å². The van der Waals surface area contributed by atoms with Crippen molar-refractivity contribution in [2.45, 2.75) is 46.5 Å². The number of amides is 2. The molecule has 2 amide bonds. The number of rotatable bonds is 12. The Bertz CT molecular complexity index is 1060. The van der Waals surface area contributed by atoms with E-state index in [1.54, 1.807) is 51.9 Å². The van der Waals surface area contributed by atoms with Crippen LogP contribution in [0.1, 0.15) is 25.7 Å². The van der Waals surface area contributed by atoms with Gasteiger partial charge >= 0.3 is 5.97 Å². The summed E-state index contributed by atoms with van der Waals surface area (Å²) in [4.78, 5) is 44.9. The molecule has 1 spiro atoms. The molecule has 200 valence electrons. The Morgan fingerprint density at radius 1 is 1.24 bits per heavy atom. The predicted octanol–water partition coefficient (Wildman–Crippen LogP) is 4.22. The van der Waals surface area contributed by atoms with Gasteiger partial charge in [-0.3, -0.25) is 14.4 Å². The first kappa shape index (κ1) is 28.2. The molecule has 3 unspecified atom stereocenters. The minimum Gasteiger partial charge on any atom is -0.461 e. The lowest BCUT2D eigenvalue weighted by Crippen LogP contribution is -2.55. The van der Waals surface area contributed by atoms with Crippen molar-refractivity contribution < 1.29 is 24.2 Å². The molecule has 3 aliphatic rings. The van der Waals surface area contributed by atoms with Crippen LogP contribution in [0.15, 0.2) is 49.6 Å². The second-order valence-electron chi connectivity index (χ2n) is 9.61. The van der Waals surface area contributed by atoms with E-state index >= 15 is 0 Å². The van der Waals surface area contributed by atoms with Crippen LogP contribution in [0.5, 0.6) is 0 Å². The maximum Gasteiger partial charge on any atom is 0.311 e. The van der Waals surface area contributed by atoms with Crippen LogP contribution in [-0.2, 0) is 19.1 Å². The molecular weight excluding hydrogens is 580 g/mol. The van der Waals surface area contributed by atoms with Gasteiger partial charge in [0.1, 0.15) is 12.6 Å². The fraction of sp³-hybridized carbons (Fsp3) is 0.519. The average Bonchev–Trinajstić information content (AvgIpc) is 3.47. The quantitative estimate of drug-likeness (QED) is 0.165. The maximum atomic E-state index is 14.4. The number of nitrogens with zero attached hydrogens (tertiary/aromatic N) is 2. The summed E-state index contributed by atoms with van der Waals surface area (Å²) in [5.41, 5.74) is 0.664. The van der Waals surface area contributed by atoms with Gasteiger partial charge in [-0.15, -0.1) is 18.3 Å². The van der Waals surface area contributed by atoms with Crippen LogP contribution in [0.25, 0.3) is 0 Å². The highest BCUT2D eigenvalue weighted by Gasteiger charge is 2.76. The molecule has 3 heterocycles. The van der Waals surface area contributed by atoms with Crippen molar-refractivity contribution in [3.8, 4) is 0 Å². The molecule has 1 aromatic carbocycles. The summed E-state index contributed by atoms with van der Waals surface area (Å²) in [6, 6.07) is 6.27. The van der Waals surface area contributed by atoms with Gasteiger partial charge in [0, 0.05) is 40.5 Å². The van der Waals surface area contributed by atoms with Gasteiger partial charge in [0.05, 0.1) is 16.6 Å². The highest BCUT2D eigenvalue weighted by Crippen LogP contribution is 2.68. The number of carbonyl (C=O) groups excluding carboxylic acids is 3. The van der Waals surface area contributed by atoms with Crippen LogP contribution in [-0.4, -0.2) is 75.0 Å². The predicted molar refractivity (Wildman–Crippen MR) is 150 cm³/mol. The number of aliphatic hydroxyl groups excluding tert-OH is 1. The topological polar surface area (TPSA) is 87.1 Å². The second kappa shape index (κ2) is 11.9. The summed E-state index contributed by atoms with van der Waals surface area (Å²) in [6.45, 7) is 8.25. The summed E-state index contributed by atoms with van der Waals surface area (Å²) >= 11 is 11.4. The number of hydrogen-bond acceptors (Lipinski definition) is 6. The monoisotopic (exact) mass is 610 g/mol. The summed E-state index contributed by atoms with van der Waals surface area (Å²) < 4.78 is 4.67. The van der Waals surface area contributed by atoms with E-state index in [2.05, 4.69) is 29.1 Å². The van der Waals surface area contributed by atoms with Crippen molar-refractivity contribution >= 4 is 62.8 Å². The minimum absolute atomic E-state index is 0.0316. The summed E-state index contributed by atoms with van der Waals surface area (Å²) in [5.74, 6) is -2.08. The Morgan fingerprint density at radius 3 is 2.62 bits per heavy atom. The summed E-state index contributed by atoms with van der Waals surface area (Å²) in [6.07, 6.45) is 5.77. The lowest BCUT2D eigenvalue weighted by atomic mass is 9.71. The van der Waals surface area contributed by atoms with Crippen molar-refractivity contribution in [3.05, 3.63) is 54.6 Å². The molecule has 0 radical (unpaired) electrons. The van der Waals surface area contributed by atoms with Gasteiger partial charge in [0.2, 0.25) is 5.91 Å².